The molecule has 20 heavy (non-hydrogen) atoms. The summed E-state index contributed by atoms with van der Waals surface area (Å²) in [6.45, 7) is 0.230. The van der Waals surface area contributed by atoms with E-state index in [0.717, 1.165) is 11.2 Å². The fourth-order valence-corrected chi connectivity index (χ4v) is 2.13. The number of piperidine rings is 1. The van der Waals surface area contributed by atoms with E-state index >= 15 is 0 Å². The van der Waals surface area contributed by atoms with Crippen LogP contribution < -0.4 is 10.6 Å². The van der Waals surface area contributed by atoms with Crippen molar-refractivity contribution >= 4 is 23.4 Å². The highest BCUT2D eigenvalue weighted by Gasteiger charge is 2.39. The lowest BCUT2D eigenvalue weighted by atomic mass is 9.92. The standard InChI is InChI=1S/C12H15F2NO2.CH3NS/c13-12(14)9-6-15(7-10(16)11(9)17)8-4-2-1-3-5-8;2-1-3/h1-5,9-12,16-17H,6-7H2;1H,(H2,2,3). The zero-order chi connectivity index (χ0) is 15.1. The van der Waals surface area contributed by atoms with Crippen molar-refractivity contribution in [1.29, 1.82) is 0 Å². The van der Waals surface area contributed by atoms with Gasteiger partial charge in [-0.2, -0.15) is 0 Å². The zero-order valence-electron chi connectivity index (χ0n) is 10.8. The molecule has 3 atom stereocenters. The third-order valence-electron chi connectivity index (χ3n) is 3.12. The maximum Gasteiger partial charge on any atom is 0.245 e. The summed E-state index contributed by atoms with van der Waals surface area (Å²) in [5, 5.41) is 19.1. The number of rotatable bonds is 2. The summed E-state index contributed by atoms with van der Waals surface area (Å²) < 4.78 is 25.5. The molecule has 1 heterocycles. The molecule has 0 spiro atoms. The number of nitrogens with zero attached hydrogens (tertiary/aromatic N) is 1. The Morgan fingerprint density at radius 1 is 1.25 bits per heavy atom. The molecule has 1 aromatic rings. The highest BCUT2D eigenvalue weighted by Crippen LogP contribution is 2.27. The summed E-state index contributed by atoms with van der Waals surface area (Å²) in [7, 11) is 0. The van der Waals surface area contributed by atoms with Gasteiger partial charge in [0.2, 0.25) is 6.43 Å². The molecule has 2 rings (SSSR count). The summed E-state index contributed by atoms with van der Waals surface area (Å²) in [4.78, 5) is 1.67. The van der Waals surface area contributed by atoms with Crippen LogP contribution in [0.4, 0.5) is 14.5 Å². The van der Waals surface area contributed by atoms with Gasteiger partial charge in [-0.25, -0.2) is 8.78 Å². The number of para-hydroxylation sites is 1. The minimum Gasteiger partial charge on any atom is -0.396 e. The van der Waals surface area contributed by atoms with Gasteiger partial charge in [-0.1, -0.05) is 30.4 Å². The summed E-state index contributed by atoms with van der Waals surface area (Å²) >= 11 is 4.05. The van der Waals surface area contributed by atoms with Gasteiger partial charge in [-0.3, -0.25) is 0 Å². The van der Waals surface area contributed by atoms with Crippen molar-refractivity contribution in [3.05, 3.63) is 30.3 Å². The highest BCUT2D eigenvalue weighted by molar-refractivity contribution is 7.78. The summed E-state index contributed by atoms with van der Waals surface area (Å²) in [6, 6.07) is 9.05. The Balaban J connectivity index is 0.000000612. The van der Waals surface area contributed by atoms with Gasteiger partial charge < -0.3 is 20.8 Å². The van der Waals surface area contributed by atoms with Crippen molar-refractivity contribution in [2.75, 3.05) is 18.0 Å². The Kier molecular flexibility index (Phi) is 6.77. The molecule has 0 aromatic heterocycles. The van der Waals surface area contributed by atoms with E-state index in [9.17, 15) is 19.0 Å². The van der Waals surface area contributed by atoms with Gasteiger partial charge in [0, 0.05) is 18.8 Å². The number of aliphatic hydroxyl groups is 2. The third kappa shape index (κ3) is 4.36. The van der Waals surface area contributed by atoms with Crippen molar-refractivity contribution < 1.29 is 19.0 Å². The van der Waals surface area contributed by atoms with Crippen LogP contribution in [-0.4, -0.2) is 47.4 Å². The van der Waals surface area contributed by atoms with Gasteiger partial charge in [0.05, 0.1) is 23.6 Å². The first-order valence-electron chi connectivity index (χ1n) is 6.11. The number of alkyl halides is 2. The number of anilines is 1. The Bertz CT molecular complexity index is 409. The Morgan fingerprint density at radius 3 is 2.30 bits per heavy atom. The van der Waals surface area contributed by atoms with Gasteiger partial charge in [0.1, 0.15) is 0 Å². The predicted molar refractivity (Wildman–Crippen MR) is 78.0 cm³/mol. The number of nitrogens with two attached hydrogens (primary N) is 1. The first kappa shape index (κ1) is 16.7. The van der Waals surface area contributed by atoms with E-state index < -0.39 is 24.6 Å². The molecule has 7 heteroatoms. The summed E-state index contributed by atoms with van der Waals surface area (Å²) in [5.41, 5.74) is 6.40. The van der Waals surface area contributed by atoms with Crippen molar-refractivity contribution in [3.63, 3.8) is 0 Å². The van der Waals surface area contributed by atoms with E-state index in [2.05, 4.69) is 18.0 Å². The van der Waals surface area contributed by atoms with Crippen molar-refractivity contribution in [2.24, 2.45) is 11.7 Å². The van der Waals surface area contributed by atoms with Gasteiger partial charge >= 0.3 is 0 Å². The second-order valence-corrected chi connectivity index (χ2v) is 4.71. The predicted octanol–water partition coefficient (Wildman–Crippen LogP) is 1.01. The van der Waals surface area contributed by atoms with Crippen molar-refractivity contribution in [1.82, 2.24) is 0 Å². The molecule has 0 bridgehead atoms. The van der Waals surface area contributed by atoms with Gasteiger partial charge in [0.25, 0.3) is 0 Å². The smallest absolute Gasteiger partial charge is 0.245 e. The average molecular weight is 304 g/mol. The first-order chi connectivity index (χ1) is 9.51. The van der Waals surface area contributed by atoms with E-state index in [4.69, 9.17) is 0 Å². The molecule has 1 aliphatic rings. The minimum absolute atomic E-state index is 0.0555. The van der Waals surface area contributed by atoms with Gasteiger partial charge in [-0.05, 0) is 12.1 Å². The number of β-amino-alcohol motifs (C(OH)–C–C–N with tert-alkyl or cyclic N) is 1. The van der Waals surface area contributed by atoms with E-state index in [1.54, 1.807) is 17.0 Å². The Labute approximate surface area is 121 Å². The monoisotopic (exact) mass is 304 g/mol. The van der Waals surface area contributed by atoms with Crippen LogP contribution in [0.3, 0.4) is 0 Å². The molecule has 4 nitrogen and oxygen atoms in total. The second-order valence-electron chi connectivity index (χ2n) is 4.43. The largest absolute Gasteiger partial charge is 0.396 e. The summed E-state index contributed by atoms with van der Waals surface area (Å²) in [5.74, 6) is -1.21. The van der Waals surface area contributed by atoms with Crippen LogP contribution in [0.2, 0.25) is 0 Å². The maximum absolute atomic E-state index is 12.7. The fraction of sp³-hybridized carbons (Fsp3) is 0.462. The highest BCUT2D eigenvalue weighted by atomic mass is 32.1. The Hall–Kier alpha value is -1.31. The molecular weight excluding hydrogens is 286 g/mol. The van der Waals surface area contributed by atoms with Crippen molar-refractivity contribution in [2.45, 2.75) is 18.6 Å². The van der Waals surface area contributed by atoms with E-state index in [1.165, 1.54) is 0 Å². The lowest BCUT2D eigenvalue weighted by molar-refractivity contribution is -0.0770. The van der Waals surface area contributed by atoms with Crippen LogP contribution in [0.1, 0.15) is 0 Å². The SMILES string of the molecule is NC=S.OC1CN(c2ccccc2)CC(C(F)F)C1O. The van der Waals surface area contributed by atoms with E-state index in [1.807, 2.05) is 18.2 Å². The van der Waals surface area contributed by atoms with Crippen LogP contribution in [0, 0.1) is 5.92 Å². The quantitative estimate of drug-likeness (QED) is 0.712. The number of hydrogen-bond donors (Lipinski definition) is 3. The zero-order valence-corrected chi connectivity index (χ0v) is 11.6. The van der Waals surface area contributed by atoms with E-state index in [0.29, 0.717) is 0 Å². The number of benzene rings is 1. The molecule has 1 aliphatic heterocycles. The number of hydrogen-bond acceptors (Lipinski definition) is 4. The topological polar surface area (TPSA) is 69.7 Å². The summed E-state index contributed by atoms with van der Waals surface area (Å²) in [6.07, 6.45) is -5.12. The molecule has 0 radical (unpaired) electrons. The average Bonchev–Trinajstić information content (AvgIpc) is 2.43. The molecule has 0 amide bonds. The lowest BCUT2D eigenvalue weighted by Crippen LogP contribution is -2.54. The minimum atomic E-state index is -2.63. The number of aliphatic hydroxyl groups excluding tert-OH is 2. The molecule has 1 aromatic carbocycles. The normalized spacial score (nSPS) is 25.9. The van der Waals surface area contributed by atoms with Crippen molar-refractivity contribution in [3.8, 4) is 0 Å². The maximum atomic E-state index is 12.7. The molecular formula is C13H18F2N2O2S. The molecule has 0 aliphatic carbocycles. The first-order valence-corrected chi connectivity index (χ1v) is 6.58. The fourth-order valence-electron chi connectivity index (χ4n) is 2.13. The van der Waals surface area contributed by atoms with Crippen LogP contribution in [0.5, 0.6) is 0 Å². The molecule has 4 N–H and O–H groups in total. The van der Waals surface area contributed by atoms with Crippen LogP contribution in [0.25, 0.3) is 0 Å². The second kappa shape index (κ2) is 8.08. The van der Waals surface area contributed by atoms with Crippen LogP contribution in [-0.2, 0) is 0 Å². The molecule has 112 valence electrons. The molecule has 1 saturated heterocycles. The number of halogens is 2. The molecule has 3 unspecified atom stereocenters. The number of thiocarbonyl (C=S) groups is 1. The molecule has 0 saturated carbocycles. The molecule has 1 fully saturated rings. The van der Waals surface area contributed by atoms with Crippen LogP contribution in [0.15, 0.2) is 30.3 Å². The van der Waals surface area contributed by atoms with E-state index in [-0.39, 0.29) is 13.1 Å². The van der Waals surface area contributed by atoms with Gasteiger partial charge in [0.15, 0.2) is 0 Å². The van der Waals surface area contributed by atoms with Gasteiger partial charge in [-0.15, -0.1) is 0 Å². The Morgan fingerprint density at radius 2 is 1.80 bits per heavy atom. The van der Waals surface area contributed by atoms with Crippen LogP contribution >= 0.6 is 12.2 Å². The lowest BCUT2D eigenvalue weighted by Gasteiger charge is -2.40. The third-order valence-corrected chi connectivity index (χ3v) is 3.12.